The molecule has 0 saturated carbocycles. The van der Waals surface area contributed by atoms with Crippen molar-refractivity contribution in [2.45, 2.75) is 32.5 Å². The van der Waals surface area contributed by atoms with Crippen molar-refractivity contribution < 1.29 is 17.6 Å². The van der Waals surface area contributed by atoms with E-state index in [9.17, 15) is 17.6 Å². The Hall–Kier alpha value is -2.41. The van der Waals surface area contributed by atoms with E-state index in [2.05, 4.69) is 0 Å². The van der Waals surface area contributed by atoms with Gasteiger partial charge in [-0.15, -0.1) is 0 Å². The van der Waals surface area contributed by atoms with Gasteiger partial charge in [0.1, 0.15) is 5.82 Å². The smallest absolute Gasteiger partial charge is 0.314 e. The van der Waals surface area contributed by atoms with Crippen molar-refractivity contribution in [3.05, 3.63) is 65.0 Å². The maximum atomic E-state index is 13.3. The van der Waals surface area contributed by atoms with E-state index >= 15 is 0 Å². The summed E-state index contributed by atoms with van der Waals surface area (Å²) in [5.74, 6) is -0.496. The summed E-state index contributed by atoms with van der Waals surface area (Å²) >= 11 is 0. The first-order valence-corrected chi connectivity index (χ1v) is 10.7. The van der Waals surface area contributed by atoms with E-state index < -0.39 is 27.7 Å². The second kappa shape index (κ2) is 6.34. The maximum Gasteiger partial charge on any atom is 0.325 e. The molecule has 142 valence electrons. The van der Waals surface area contributed by atoms with Gasteiger partial charge in [0.05, 0.1) is 23.6 Å². The number of halogens is 1. The van der Waals surface area contributed by atoms with Crippen LogP contribution in [-0.2, 0) is 16.4 Å². The number of anilines is 1. The molecule has 0 radical (unpaired) electrons. The molecule has 2 aromatic carbocycles. The molecule has 0 aromatic heterocycles. The van der Waals surface area contributed by atoms with Crippen molar-refractivity contribution in [1.82, 2.24) is 4.90 Å². The molecule has 2 aliphatic rings. The van der Waals surface area contributed by atoms with Crippen LogP contribution in [0.4, 0.5) is 14.9 Å². The molecule has 0 spiro atoms. The lowest BCUT2D eigenvalue weighted by Crippen LogP contribution is -2.37. The predicted molar refractivity (Wildman–Crippen MR) is 102 cm³/mol. The average Bonchev–Trinajstić information content (AvgIpc) is 3.03. The number of amides is 2. The number of sulfone groups is 1. The summed E-state index contributed by atoms with van der Waals surface area (Å²) in [6, 6.07) is 10.6. The minimum absolute atomic E-state index is 0.0357. The molecule has 2 aliphatic heterocycles. The fraction of sp³-hybridized carbons (Fsp3) is 0.350. The Bertz CT molecular complexity index is 1000. The number of carbonyl (C=O) groups is 1. The average molecular weight is 388 g/mol. The summed E-state index contributed by atoms with van der Waals surface area (Å²) in [6.45, 7) is 4.33. The standard InChI is InChI=1S/C20H21FN2O3S/c1-13-3-4-14(2)15(9-13)10-22-18-11-27(25,26)12-19(18)23(20(22)24)17-7-5-16(21)6-8-17/h3-9,18-19H,10-12H2,1-2H3/t18-,19+/m1/s1. The number of hydrogen-bond donors (Lipinski definition) is 0. The second-order valence-corrected chi connectivity index (χ2v) is 9.55. The van der Waals surface area contributed by atoms with Crippen LogP contribution in [0.15, 0.2) is 42.5 Å². The third kappa shape index (κ3) is 3.20. The third-order valence-electron chi connectivity index (χ3n) is 5.43. The Morgan fingerprint density at radius 1 is 1.04 bits per heavy atom. The summed E-state index contributed by atoms with van der Waals surface area (Å²) in [5, 5.41) is 0. The second-order valence-electron chi connectivity index (χ2n) is 7.40. The molecule has 0 unspecified atom stereocenters. The van der Waals surface area contributed by atoms with Gasteiger partial charge in [0.25, 0.3) is 0 Å². The third-order valence-corrected chi connectivity index (χ3v) is 7.13. The molecular weight excluding hydrogens is 367 g/mol. The van der Waals surface area contributed by atoms with E-state index in [4.69, 9.17) is 0 Å². The SMILES string of the molecule is Cc1ccc(C)c(CN2C(=O)N(c3ccc(F)cc3)[C@H]3CS(=O)(=O)C[C@H]32)c1. The van der Waals surface area contributed by atoms with Crippen molar-refractivity contribution >= 4 is 21.6 Å². The summed E-state index contributed by atoms with van der Waals surface area (Å²) in [5.41, 5.74) is 3.68. The molecule has 0 N–H and O–H groups in total. The van der Waals surface area contributed by atoms with Crippen LogP contribution >= 0.6 is 0 Å². The summed E-state index contributed by atoms with van der Waals surface area (Å²) < 4.78 is 37.9. The first-order chi connectivity index (χ1) is 12.7. The Balaban J connectivity index is 1.72. The fourth-order valence-corrected chi connectivity index (χ4v) is 5.97. The molecule has 2 atom stereocenters. The summed E-state index contributed by atoms with van der Waals surface area (Å²) in [7, 11) is -3.23. The number of benzene rings is 2. The van der Waals surface area contributed by atoms with E-state index in [1.807, 2.05) is 32.0 Å². The van der Waals surface area contributed by atoms with Crippen molar-refractivity contribution in [3.63, 3.8) is 0 Å². The number of carbonyl (C=O) groups excluding carboxylic acids is 1. The first-order valence-electron chi connectivity index (χ1n) is 8.87. The monoisotopic (exact) mass is 388 g/mol. The van der Waals surface area contributed by atoms with Crippen LogP contribution in [0.25, 0.3) is 0 Å². The van der Waals surface area contributed by atoms with Gasteiger partial charge in [-0.05, 0) is 49.2 Å². The molecule has 2 fully saturated rings. The van der Waals surface area contributed by atoms with E-state index in [1.165, 1.54) is 29.2 Å². The lowest BCUT2D eigenvalue weighted by molar-refractivity contribution is 0.205. The van der Waals surface area contributed by atoms with E-state index in [-0.39, 0.29) is 17.5 Å². The van der Waals surface area contributed by atoms with Gasteiger partial charge >= 0.3 is 6.03 Å². The van der Waals surface area contributed by atoms with Gasteiger partial charge in [0.15, 0.2) is 9.84 Å². The number of hydrogen-bond acceptors (Lipinski definition) is 3. The number of urea groups is 1. The van der Waals surface area contributed by atoms with E-state index in [0.29, 0.717) is 12.2 Å². The minimum atomic E-state index is -3.23. The van der Waals surface area contributed by atoms with Crippen molar-refractivity contribution in [3.8, 4) is 0 Å². The molecule has 0 aliphatic carbocycles. The highest BCUT2D eigenvalue weighted by molar-refractivity contribution is 7.91. The molecular formula is C20H21FN2O3S. The van der Waals surface area contributed by atoms with E-state index in [0.717, 1.165) is 16.7 Å². The minimum Gasteiger partial charge on any atom is -0.314 e. The van der Waals surface area contributed by atoms with Gasteiger partial charge in [-0.1, -0.05) is 23.8 Å². The van der Waals surface area contributed by atoms with Crippen LogP contribution in [0.5, 0.6) is 0 Å². The molecule has 4 rings (SSSR count). The largest absolute Gasteiger partial charge is 0.325 e. The maximum absolute atomic E-state index is 13.3. The lowest BCUT2D eigenvalue weighted by Gasteiger charge is -2.23. The van der Waals surface area contributed by atoms with Crippen LogP contribution in [0.1, 0.15) is 16.7 Å². The highest BCUT2D eigenvalue weighted by atomic mass is 32.2. The topological polar surface area (TPSA) is 57.7 Å². The predicted octanol–water partition coefficient (Wildman–Crippen LogP) is 3.05. The zero-order chi connectivity index (χ0) is 19.3. The van der Waals surface area contributed by atoms with Gasteiger partial charge in [-0.3, -0.25) is 4.90 Å². The Morgan fingerprint density at radius 3 is 2.41 bits per heavy atom. The first kappa shape index (κ1) is 18.0. The molecule has 2 amide bonds. The van der Waals surface area contributed by atoms with Crippen LogP contribution in [-0.4, -0.2) is 42.9 Å². The molecule has 2 heterocycles. The normalized spacial score (nSPS) is 23.7. The molecule has 7 heteroatoms. The number of fused-ring (bicyclic) bond motifs is 1. The van der Waals surface area contributed by atoms with Crippen molar-refractivity contribution in [2.24, 2.45) is 0 Å². The van der Waals surface area contributed by atoms with Crippen LogP contribution in [0.2, 0.25) is 0 Å². The number of rotatable bonds is 3. The molecule has 2 aromatic rings. The molecule has 27 heavy (non-hydrogen) atoms. The Morgan fingerprint density at radius 2 is 1.70 bits per heavy atom. The molecule has 5 nitrogen and oxygen atoms in total. The highest BCUT2D eigenvalue weighted by Crippen LogP contribution is 2.36. The highest BCUT2D eigenvalue weighted by Gasteiger charge is 2.53. The van der Waals surface area contributed by atoms with Crippen LogP contribution in [0.3, 0.4) is 0 Å². The number of aryl methyl sites for hydroxylation is 2. The lowest BCUT2D eigenvalue weighted by atomic mass is 10.0. The van der Waals surface area contributed by atoms with Gasteiger partial charge in [-0.2, -0.15) is 0 Å². The Labute approximate surface area is 158 Å². The van der Waals surface area contributed by atoms with E-state index in [1.54, 1.807) is 4.90 Å². The van der Waals surface area contributed by atoms with Gasteiger partial charge < -0.3 is 4.90 Å². The zero-order valence-corrected chi connectivity index (χ0v) is 16.0. The summed E-state index contributed by atoms with van der Waals surface area (Å²) in [6.07, 6.45) is 0. The summed E-state index contributed by atoms with van der Waals surface area (Å²) in [4.78, 5) is 16.3. The molecule has 2 saturated heterocycles. The van der Waals surface area contributed by atoms with Gasteiger partial charge in [-0.25, -0.2) is 17.6 Å². The van der Waals surface area contributed by atoms with Crippen molar-refractivity contribution in [2.75, 3.05) is 16.4 Å². The quantitative estimate of drug-likeness (QED) is 0.760. The van der Waals surface area contributed by atoms with Crippen LogP contribution < -0.4 is 4.90 Å². The van der Waals surface area contributed by atoms with Crippen LogP contribution in [0, 0.1) is 19.7 Å². The fourth-order valence-electron chi connectivity index (χ4n) is 4.02. The zero-order valence-electron chi connectivity index (χ0n) is 15.2. The van der Waals surface area contributed by atoms with Crippen molar-refractivity contribution in [1.29, 1.82) is 0 Å². The van der Waals surface area contributed by atoms with Gasteiger partial charge in [0, 0.05) is 12.2 Å². The Kier molecular flexibility index (Phi) is 4.22. The molecule has 0 bridgehead atoms. The number of nitrogens with zero attached hydrogens (tertiary/aromatic N) is 2. The van der Waals surface area contributed by atoms with Gasteiger partial charge in [0.2, 0.25) is 0 Å².